The minimum atomic E-state index is -0.457. The number of ether oxygens (including phenoxy) is 3. The Kier molecular flexibility index (Phi) is 2.95. The van der Waals surface area contributed by atoms with E-state index in [2.05, 4.69) is 5.32 Å². The van der Waals surface area contributed by atoms with Crippen LogP contribution in [0.5, 0.6) is 17.2 Å². The first-order valence-electron chi connectivity index (χ1n) is 5.04. The highest BCUT2D eigenvalue weighted by Crippen LogP contribution is 2.39. The van der Waals surface area contributed by atoms with Gasteiger partial charge in [-0.25, -0.2) is 4.79 Å². The predicted molar refractivity (Wildman–Crippen MR) is 58.4 cm³/mol. The minimum absolute atomic E-state index is 0.0657. The van der Waals surface area contributed by atoms with E-state index < -0.39 is 6.09 Å². The first kappa shape index (κ1) is 11.4. The molecular weight excluding hydrogens is 226 g/mol. The molecule has 1 saturated heterocycles. The lowest BCUT2D eigenvalue weighted by Gasteiger charge is -2.13. The molecule has 6 heteroatoms. The van der Waals surface area contributed by atoms with Crippen LogP contribution in [0.15, 0.2) is 12.1 Å². The molecule has 1 fully saturated rings. The van der Waals surface area contributed by atoms with Crippen molar-refractivity contribution in [3.05, 3.63) is 17.7 Å². The summed E-state index contributed by atoms with van der Waals surface area (Å²) in [5, 5.41) is 12.4. The molecule has 0 unspecified atom stereocenters. The molecule has 1 heterocycles. The highest BCUT2D eigenvalue weighted by atomic mass is 16.6. The van der Waals surface area contributed by atoms with Gasteiger partial charge in [0.25, 0.3) is 0 Å². The number of benzene rings is 1. The Hall–Kier alpha value is -2.11. The molecule has 92 valence electrons. The van der Waals surface area contributed by atoms with Gasteiger partial charge in [0.2, 0.25) is 5.75 Å². The Labute approximate surface area is 98.1 Å². The molecule has 0 spiro atoms. The number of alkyl carbamates (subject to hydrolysis) is 1. The molecule has 2 N–H and O–H groups in total. The van der Waals surface area contributed by atoms with Gasteiger partial charge in [0.05, 0.1) is 20.3 Å². The zero-order chi connectivity index (χ0) is 12.4. The van der Waals surface area contributed by atoms with Crippen molar-refractivity contribution in [1.29, 1.82) is 0 Å². The van der Waals surface area contributed by atoms with Gasteiger partial charge in [-0.2, -0.15) is 0 Å². The third kappa shape index (κ3) is 2.06. The zero-order valence-electron chi connectivity index (χ0n) is 9.52. The molecule has 0 bridgehead atoms. The summed E-state index contributed by atoms with van der Waals surface area (Å²) < 4.78 is 14.9. The third-order valence-electron chi connectivity index (χ3n) is 2.58. The monoisotopic (exact) mass is 239 g/mol. The molecule has 1 aromatic rings. The smallest absolute Gasteiger partial charge is 0.407 e. The second-order valence-electron chi connectivity index (χ2n) is 3.57. The van der Waals surface area contributed by atoms with Crippen LogP contribution in [-0.2, 0) is 4.74 Å². The van der Waals surface area contributed by atoms with Gasteiger partial charge in [-0.15, -0.1) is 0 Å². The SMILES string of the molecule is COc1cc([C@@H]2COC(=O)N2)cc(OC)c1O. The van der Waals surface area contributed by atoms with Crippen LogP contribution in [0.2, 0.25) is 0 Å². The van der Waals surface area contributed by atoms with Crippen molar-refractivity contribution in [3.63, 3.8) is 0 Å². The molecular formula is C11H13NO5. The van der Waals surface area contributed by atoms with Crippen molar-refractivity contribution >= 4 is 6.09 Å². The molecule has 0 saturated carbocycles. The Morgan fingerprint density at radius 1 is 1.35 bits per heavy atom. The second-order valence-corrected chi connectivity index (χ2v) is 3.57. The number of carbonyl (C=O) groups is 1. The van der Waals surface area contributed by atoms with E-state index >= 15 is 0 Å². The predicted octanol–water partition coefficient (Wildman–Crippen LogP) is 1.19. The third-order valence-corrected chi connectivity index (χ3v) is 2.58. The summed E-state index contributed by atoms with van der Waals surface area (Å²) in [4.78, 5) is 11.0. The van der Waals surface area contributed by atoms with Gasteiger partial charge in [-0.1, -0.05) is 0 Å². The maximum atomic E-state index is 11.0. The maximum absolute atomic E-state index is 11.0. The molecule has 17 heavy (non-hydrogen) atoms. The fourth-order valence-corrected chi connectivity index (χ4v) is 1.68. The van der Waals surface area contributed by atoms with Crippen LogP contribution in [0.4, 0.5) is 4.79 Å². The number of hydrogen-bond donors (Lipinski definition) is 2. The van der Waals surface area contributed by atoms with Crippen molar-refractivity contribution in [3.8, 4) is 17.2 Å². The fourth-order valence-electron chi connectivity index (χ4n) is 1.68. The summed E-state index contributed by atoms with van der Waals surface area (Å²) in [6.45, 7) is 0.246. The van der Waals surface area contributed by atoms with E-state index in [-0.39, 0.29) is 18.4 Å². The van der Waals surface area contributed by atoms with Crippen molar-refractivity contribution in [2.45, 2.75) is 6.04 Å². The molecule has 1 aliphatic heterocycles. The Morgan fingerprint density at radius 2 is 1.94 bits per heavy atom. The first-order chi connectivity index (χ1) is 8.15. The summed E-state index contributed by atoms with van der Waals surface area (Å²) in [7, 11) is 2.89. The number of cyclic esters (lactones) is 1. The van der Waals surface area contributed by atoms with Crippen LogP contribution >= 0.6 is 0 Å². The van der Waals surface area contributed by atoms with E-state index in [9.17, 15) is 9.90 Å². The quantitative estimate of drug-likeness (QED) is 0.828. The summed E-state index contributed by atoms with van der Waals surface area (Å²) >= 11 is 0. The number of phenols is 1. The van der Waals surface area contributed by atoms with Gasteiger partial charge in [0.15, 0.2) is 11.5 Å². The van der Waals surface area contributed by atoms with Gasteiger partial charge in [-0.05, 0) is 17.7 Å². The summed E-state index contributed by atoms with van der Waals surface area (Å²) in [5.74, 6) is 0.519. The first-order valence-corrected chi connectivity index (χ1v) is 5.04. The van der Waals surface area contributed by atoms with E-state index in [0.29, 0.717) is 11.5 Å². The van der Waals surface area contributed by atoms with E-state index in [0.717, 1.165) is 5.56 Å². The van der Waals surface area contributed by atoms with E-state index in [1.165, 1.54) is 14.2 Å². The average Bonchev–Trinajstić information content (AvgIpc) is 2.76. The normalized spacial score (nSPS) is 18.5. The molecule has 6 nitrogen and oxygen atoms in total. The van der Waals surface area contributed by atoms with Crippen molar-refractivity contribution in [1.82, 2.24) is 5.32 Å². The number of hydrogen-bond acceptors (Lipinski definition) is 5. The molecule has 1 amide bonds. The Balaban J connectivity index is 2.37. The molecule has 1 atom stereocenters. The molecule has 1 aromatic carbocycles. The van der Waals surface area contributed by atoms with Gasteiger partial charge >= 0.3 is 6.09 Å². The highest BCUT2D eigenvalue weighted by molar-refractivity contribution is 5.70. The molecule has 0 aromatic heterocycles. The van der Waals surface area contributed by atoms with E-state index in [4.69, 9.17) is 14.2 Å². The largest absolute Gasteiger partial charge is 0.502 e. The van der Waals surface area contributed by atoms with Crippen LogP contribution < -0.4 is 14.8 Å². The maximum Gasteiger partial charge on any atom is 0.407 e. The minimum Gasteiger partial charge on any atom is -0.502 e. The van der Waals surface area contributed by atoms with Gasteiger partial charge in [0.1, 0.15) is 6.61 Å². The Morgan fingerprint density at radius 3 is 2.35 bits per heavy atom. The van der Waals surface area contributed by atoms with Gasteiger partial charge in [-0.3, -0.25) is 0 Å². The van der Waals surface area contributed by atoms with Crippen LogP contribution in [0.3, 0.4) is 0 Å². The van der Waals surface area contributed by atoms with E-state index in [1.54, 1.807) is 12.1 Å². The van der Waals surface area contributed by atoms with Crippen LogP contribution in [-0.4, -0.2) is 32.0 Å². The van der Waals surface area contributed by atoms with E-state index in [1.807, 2.05) is 0 Å². The second kappa shape index (κ2) is 4.40. The zero-order valence-corrected chi connectivity index (χ0v) is 9.52. The Bertz CT molecular complexity index is 420. The van der Waals surface area contributed by atoms with Gasteiger partial charge < -0.3 is 24.6 Å². The number of nitrogens with one attached hydrogen (secondary N) is 1. The standard InChI is InChI=1S/C11H13NO5/c1-15-8-3-6(4-9(16-2)10(8)13)7-5-17-11(14)12-7/h3-4,7,13H,5H2,1-2H3,(H,12,14)/t7-/m0/s1. The molecule has 2 rings (SSSR count). The molecule has 0 radical (unpaired) electrons. The van der Waals surface area contributed by atoms with Crippen molar-refractivity contribution in [2.75, 3.05) is 20.8 Å². The number of phenolic OH excluding ortho intramolecular Hbond substituents is 1. The number of carbonyl (C=O) groups excluding carboxylic acids is 1. The van der Waals surface area contributed by atoms with Crippen LogP contribution in [0, 0.1) is 0 Å². The lowest BCUT2D eigenvalue weighted by atomic mass is 10.1. The number of rotatable bonds is 3. The van der Waals surface area contributed by atoms with Gasteiger partial charge in [0, 0.05) is 0 Å². The molecule has 0 aliphatic carbocycles. The topological polar surface area (TPSA) is 77.0 Å². The number of amides is 1. The lowest BCUT2D eigenvalue weighted by Crippen LogP contribution is -2.18. The molecule has 1 aliphatic rings. The van der Waals surface area contributed by atoms with Crippen molar-refractivity contribution in [2.24, 2.45) is 0 Å². The summed E-state index contributed by atoms with van der Waals surface area (Å²) in [6, 6.07) is 3.01. The van der Waals surface area contributed by atoms with Crippen LogP contribution in [0.25, 0.3) is 0 Å². The lowest BCUT2D eigenvalue weighted by molar-refractivity contribution is 0.177. The highest BCUT2D eigenvalue weighted by Gasteiger charge is 2.26. The van der Waals surface area contributed by atoms with Crippen molar-refractivity contribution < 1.29 is 24.1 Å². The number of aromatic hydroxyl groups is 1. The average molecular weight is 239 g/mol. The summed E-state index contributed by atoms with van der Waals surface area (Å²) in [5.41, 5.74) is 0.752. The fraction of sp³-hybridized carbons (Fsp3) is 0.364. The number of methoxy groups -OCH3 is 2. The summed E-state index contributed by atoms with van der Waals surface area (Å²) in [6.07, 6.45) is -0.457. The van der Waals surface area contributed by atoms with Crippen LogP contribution in [0.1, 0.15) is 11.6 Å².